The minimum Gasteiger partial charge on any atom is -0.356 e. The van der Waals surface area contributed by atoms with Gasteiger partial charge in [0.05, 0.1) is 0 Å². The van der Waals surface area contributed by atoms with E-state index >= 15 is 0 Å². The second-order valence-corrected chi connectivity index (χ2v) is 4.46. The van der Waals surface area contributed by atoms with E-state index < -0.39 is 0 Å². The summed E-state index contributed by atoms with van der Waals surface area (Å²) in [6, 6.07) is 2.24. The van der Waals surface area contributed by atoms with Gasteiger partial charge in [0.2, 0.25) is 0 Å². The summed E-state index contributed by atoms with van der Waals surface area (Å²) in [5.74, 6) is 0.784. The van der Waals surface area contributed by atoms with Gasteiger partial charge in [-0.1, -0.05) is 0 Å². The van der Waals surface area contributed by atoms with Gasteiger partial charge in [0.15, 0.2) is 6.29 Å². The van der Waals surface area contributed by atoms with Crippen LogP contribution in [0.1, 0.15) is 0 Å². The van der Waals surface area contributed by atoms with Gasteiger partial charge >= 0.3 is 0 Å². The van der Waals surface area contributed by atoms with Crippen LogP contribution in [-0.4, -0.2) is 35.9 Å². The van der Waals surface area contributed by atoms with Gasteiger partial charge in [-0.05, 0) is 12.1 Å². The lowest BCUT2D eigenvalue weighted by molar-refractivity contribution is -0.0876. The molecule has 0 N–H and O–H groups in total. The second kappa shape index (κ2) is 7.53. The maximum absolute atomic E-state index is 5.52. The average molecular weight is 183 g/mol. The van der Waals surface area contributed by atoms with E-state index in [2.05, 4.69) is 0 Å². The van der Waals surface area contributed by atoms with E-state index in [0.717, 1.165) is 11.9 Å². The number of hydrogen-bond donors (Lipinski definition) is 0. The molecule has 4 heteroatoms. The predicted molar refractivity (Wildman–Crippen MR) is 46.7 cm³/mol. The lowest BCUT2D eigenvalue weighted by atomic mass is 10.7. The van der Waals surface area contributed by atoms with E-state index in [4.69, 9.17) is 21.1 Å². The Balaban J connectivity index is 3.09. The molecular weight excluding hydrogens is 168 g/mol. The monoisotopic (exact) mass is 182 g/mol. The fourth-order valence-corrected chi connectivity index (χ4v) is 2.59. The number of hydrogen-bond acceptors (Lipinski definition) is 2. The number of ether oxygens (including phenoxy) is 2. The summed E-state index contributed by atoms with van der Waals surface area (Å²) < 4.78 is 10.0. The SMILES string of the molecule is COC(C[SiH2]CCCl)OC. The molecule has 0 aromatic rings. The fourth-order valence-electron chi connectivity index (χ4n) is 0.737. The van der Waals surface area contributed by atoms with Crippen molar-refractivity contribution in [3.8, 4) is 0 Å². The Morgan fingerprint density at radius 2 is 2.00 bits per heavy atom. The van der Waals surface area contributed by atoms with Crippen molar-refractivity contribution >= 4 is 21.1 Å². The van der Waals surface area contributed by atoms with E-state index in [9.17, 15) is 0 Å². The molecule has 0 aromatic heterocycles. The molecule has 0 aliphatic carbocycles. The van der Waals surface area contributed by atoms with Crippen LogP contribution in [0.5, 0.6) is 0 Å². The first-order chi connectivity index (χ1) is 4.85. The molecule has 2 nitrogen and oxygen atoms in total. The minimum absolute atomic E-state index is 0.00915. The van der Waals surface area contributed by atoms with Gasteiger partial charge in [-0.15, -0.1) is 11.6 Å². The Morgan fingerprint density at radius 3 is 2.40 bits per heavy atom. The summed E-state index contributed by atoms with van der Waals surface area (Å²) in [7, 11) is 3.30. The maximum atomic E-state index is 5.52. The van der Waals surface area contributed by atoms with Crippen LogP contribution in [0.15, 0.2) is 0 Å². The van der Waals surface area contributed by atoms with Crippen LogP contribution < -0.4 is 0 Å². The summed E-state index contributed by atoms with van der Waals surface area (Å²) in [6.45, 7) is 0. The molecule has 0 radical (unpaired) electrons. The Hall–Kier alpha value is 0.427. The second-order valence-electron chi connectivity index (χ2n) is 2.09. The van der Waals surface area contributed by atoms with Gasteiger partial charge in [-0.3, -0.25) is 0 Å². The molecular formula is C6H15ClO2Si. The van der Waals surface area contributed by atoms with Crippen molar-refractivity contribution in [3.05, 3.63) is 0 Å². The number of alkyl halides is 1. The zero-order valence-corrected chi connectivity index (χ0v) is 8.77. The summed E-state index contributed by atoms with van der Waals surface area (Å²) in [6.07, 6.45) is 0.00915. The standard InChI is InChI=1S/C6H15ClO2Si/c1-8-6(9-2)5-10-4-3-7/h6H,3-5,10H2,1-2H3. The Bertz CT molecular complexity index is 68.8. The molecule has 0 saturated heterocycles. The van der Waals surface area contributed by atoms with Crippen molar-refractivity contribution in [1.29, 1.82) is 0 Å². The van der Waals surface area contributed by atoms with Crippen LogP contribution in [0.2, 0.25) is 12.1 Å². The summed E-state index contributed by atoms with van der Waals surface area (Å²) in [4.78, 5) is 0. The van der Waals surface area contributed by atoms with Crippen molar-refractivity contribution in [1.82, 2.24) is 0 Å². The zero-order chi connectivity index (χ0) is 7.82. The maximum Gasteiger partial charge on any atom is 0.153 e. The number of halogens is 1. The van der Waals surface area contributed by atoms with Crippen LogP contribution in [0.25, 0.3) is 0 Å². The van der Waals surface area contributed by atoms with Gasteiger partial charge in [-0.25, -0.2) is 0 Å². The third-order valence-electron chi connectivity index (χ3n) is 1.35. The average Bonchev–Trinajstić information content (AvgIpc) is 1.99. The number of methoxy groups -OCH3 is 2. The summed E-state index contributed by atoms with van der Waals surface area (Å²) in [5, 5.41) is 0. The van der Waals surface area contributed by atoms with E-state index in [1.807, 2.05) is 0 Å². The van der Waals surface area contributed by atoms with Crippen molar-refractivity contribution < 1.29 is 9.47 Å². The lowest BCUT2D eigenvalue weighted by Gasteiger charge is -2.11. The third kappa shape index (κ3) is 5.23. The molecule has 0 unspecified atom stereocenters. The van der Waals surface area contributed by atoms with E-state index in [1.54, 1.807) is 14.2 Å². The van der Waals surface area contributed by atoms with Crippen molar-refractivity contribution in [3.63, 3.8) is 0 Å². The van der Waals surface area contributed by atoms with Crippen LogP contribution in [0.4, 0.5) is 0 Å². The fraction of sp³-hybridized carbons (Fsp3) is 1.00. The first kappa shape index (κ1) is 10.4. The Kier molecular flexibility index (Phi) is 7.85. The molecule has 0 bridgehead atoms. The molecule has 0 rings (SSSR count). The lowest BCUT2D eigenvalue weighted by Crippen LogP contribution is -2.14. The van der Waals surface area contributed by atoms with Crippen LogP contribution in [-0.2, 0) is 9.47 Å². The molecule has 0 aromatic carbocycles. The molecule has 0 aliphatic rings. The number of rotatable bonds is 6. The normalized spacial score (nSPS) is 12.0. The van der Waals surface area contributed by atoms with Gasteiger partial charge in [0.1, 0.15) is 0 Å². The summed E-state index contributed by atoms with van der Waals surface area (Å²) in [5.41, 5.74) is 0. The molecule has 0 saturated carbocycles. The predicted octanol–water partition coefficient (Wildman–Crippen LogP) is 0.850. The molecule has 0 spiro atoms. The van der Waals surface area contributed by atoms with Gasteiger partial charge in [0, 0.05) is 29.6 Å². The smallest absolute Gasteiger partial charge is 0.153 e. The molecule has 0 atom stereocenters. The summed E-state index contributed by atoms with van der Waals surface area (Å²) >= 11 is 5.52. The molecule has 0 amide bonds. The first-order valence-electron chi connectivity index (χ1n) is 3.46. The van der Waals surface area contributed by atoms with Gasteiger partial charge in [-0.2, -0.15) is 0 Å². The third-order valence-corrected chi connectivity index (χ3v) is 3.80. The van der Waals surface area contributed by atoms with Crippen LogP contribution in [0, 0.1) is 0 Å². The molecule has 0 aliphatic heterocycles. The molecule has 0 fully saturated rings. The zero-order valence-electron chi connectivity index (χ0n) is 6.60. The van der Waals surface area contributed by atoms with E-state index in [1.165, 1.54) is 6.04 Å². The van der Waals surface area contributed by atoms with E-state index in [-0.39, 0.29) is 15.8 Å². The quantitative estimate of drug-likeness (QED) is 0.263. The van der Waals surface area contributed by atoms with Crippen LogP contribution >= 0.6 is 11.6 Å². The molecule has 62 valence electrons. The van der Waals surface area contributed by atoms with Gasteiger partial charge < -0.3 is 9.47 Å². The van der Waals surface area contributed by atoms with E-state index in [0.29, 0.717) is 0 Å². The Labute approximate surface area is 69.7 Å². The van der Waals surface area contributed by atoms with Crippen molar-refractivity contribution in [2.24, 2.45) is 0 Å². The van der Waals surface area contributed by atoms with Crippen molar-refractivity contribution in [2.75, 3.05) is 20.1 Å². The van der Waals surface area contributed by atoms with Gasteiger partial charge in [0.25, 0.3) is 0 Å². The van der Waals surface area contributed by atoms with Crippen LogP contribution in [0.3, 0.4) is 0 Å². The Morgan fingerprint density at radius 1 is 1.40 bits per heavy atom. The highest BCUT2D eigenvalue weighted by Crippen LogP contribution is 1.99. The van der Waals surface area contributed by atoms with Crippen molar-refractivity contribution in [2.45, 2.75) is 18.4 Å². The highest BCUT2D eigenvalue weighted by atomic mass is 35.5. The minimum atomic E-state index is -0.0401. The molecule has 0 heterocycles. The highest BCUT2D eigenvalue weighted by molar-refractivity contribution is 6.38. The molecule has 10 heavy (non-hydrogen) atoms. The first-order valence-corrected chi connectivity index (χ1v) is 6.00. The largest absolute Gasteiger partial charge is 0.356 e. The highest BCUT2D eigenvalue weighted by Gasteiger charge is 2.02. The topological polar surface area (TPSA) is 18.5 Å².